The Bertz CT molecular complexity index is 538. The quantitative estimate of drug-likeness (QED) is 0.794. The van der Waals surface area contributed by atoms with Crippen molar-refractivity contribution in [3.8, 4) is 0 Å². The van der Waals surface area contributed by atoms with E-state index in [9.17, 15) is 9.90 Å². The second-order valence-electron chi connectivity index (χ2n) is 6.56. The van der Waals surface area contributed by atoms with E-state index in [0.717, 1.165) is 12.8 Å². The molecule has 21 heavy (non-hydrogen) atoms. The largest absolute Gasteiger partial charge is 0.388 e. The molecule has 1 aliphatic rings. The maximum atomic E-state index is 12.2. The van der Waals surface area contributed by atoms with E-state index >= 15 is 0 Å². The minimum atomic E-state index is -0.822. The zero-order valence-corrected chi connectivity index (χ0v) is 14.6. The van der Waals surface area contributed by atoms with E-state index in [2.05, 4.69) is 40.1 Å². The molecule has 4 nitrogen and oxygen atoms in total. The third kappa shape index (κ3) is 4.41. The Kier molecular flexibility index (Phi) is 4.96. The Hall–Kier alpha value is -0.650. The smallest absolute Gasteiger partial charge is 0.254 e. The first-order valence-corrected chi connectivity index (χ1v) is 8.20. The summed E-state index contributed by atoms with van der Waals surface area (Å²) in [6.07, 6.45) is 4.85. The summed E-state index contributed by atoms with van der Waals surface area (Å²) in [5.74, 6) is -0.313. The molecule has 0 aromatic carbocycles. The minimum absolute atomic E-state index is 0.160. The first-order chi connectivity index (χ1) is 9.71. The second kappa shape index (κ2) is 6.23. The number of rotatable bonds is 3. The van der Waals surface area contributed by atoms with Crippen LogP contribution in [0.15, 0.2) is 16.7 Å². The van der Waals surface area contributed by atoms with Gasteiger partial charge in [-0.3, -0.25) is 4.79 Å². The van der Waals surface area contributed by atoms with E-state index in [1.54, 1.807) is 6.07 Å². The number of nitrogens with one attached hydrogen (secondary N) is 1. The van der Waals surface area contributed by atoms with Crippen molar-refractivity contribution in [1.82, 2.24) is 10.3 Å². The molecular weight excluding hydrogens is 356 g/mol. The number of aromatic nitrogens is 1. The van der Waals surface area contributed by atoms with Gasteiger partial charge in [0.15, 0.2) is 0 Å². The molecule has 0 radical (unpaired) electrons. The lowest BCUT2D eigenvalue weighted by molar-refractivity contribution is -0.0233. The highest BCUT2D eigenvalue weighted by atomic mass is 79.9. The number of pyridine rings is 1. The molecule has 1 aromatic rings. The highest BCUT2D eigenvalue weighted by Gasteiger charge is 2.36. The van der Waals surface area contributed by atoms with E-state index < -0.39 is 5.60 Å². The summed E-state index contributed by atoms with van der Waals surface area (Å²) in [6.45, 7) is 4.65. The van der Waals surface area contributed by atoms with Crippen LogP contribution >= 0.6 is 27.5 Å². The summed E-state index contributed by atoms with van der Waals surface area (Å²) in [7, 11) is 0. The SMILES string of the molecule is CC1(C)CCC(O)(CNC(=O)c2cc(Br)cnc2Cl)CC1. The van der Waals surface area contributed by atoms with Crippen LogP contribution in [0.5, 0.6) is 0 Å². The summed E-state index contributed by atoms with van der Waals surface area (Å²) in [4.78, 5) is 16.1. The van der Waals surface area contributed by atoms with Crippen LogP contribution in [0.25, 0.3) is 0 Å². The van der Waals surface area contributed by atoms with Crippen molar-refractivity contribution in [2.24, 2.45) is 5.41 Å². The molecular formula is C15H20BrClN2O2. The van der Waals surface area contributed by atoms with E-state index in [0.29, 0.717) is 22.9 Å². The molecule has 0 atom stereocenters. The number of nitrogens with zero attached hydrogens (tertiary/aromatic N) is 1. The van der Waals surface area contributed by atoms with Crippen LogP contribution < -0.4 is 5.32 Å². The number of hydrogen-bond donors (Lipinski definition) is 2. The third-order valence-electron chi connectivity index (χ3n) is 4.16. The molecule has 0 unspecified atom stereocenters. The Balaban J connectivity index is 1.97. The van der Waals surface area contributed by atoms with Gasteiger partial charge in [0.1, 0.15) is 5.15 Å². The maximum absolute atomic E-state index is 12.2. The van der Waals surface area contributed by atoms with Gasteiger partial charge in [-0.15, -0.1) is 0 Å². The molecule has 6 heteroatoms. The van der Waals surface area contributed by atoms with Crippen LogP contribution in [0, 0.1) is 5.41 Å². The van der Waals surface area contributed by atoms with Crippen molar-refractivity contribution in [3.05, 3.63) is 27.5 Å². The molecule has 0 bridgehead atoms. The molecule has 0 aliphatic heterocycles. The highest BCUT2D eigenvalue weighted by Crippen LogP contribution is 2.39. The van der Waals surface area contributed by atoms with E-state index in [1.807, 2.05) is 0 Å². The number of carbonyl (C=O) groups excluding carboxylic acids is 1. The molecule has 1 aliphatic carbocycles. The standard InChI is InChI=1S/C15H20BrClN2O2/c1-14(2)3-5-15(21,6-4-14)9-19-13(20)11-7-10(16)8-18-12(11)17/h7-8,21H,3-6,9H2,1-2H3,(H,19,20). The van der Waals surface area contributed by atoms with Crippen molar-refractivity contribution >= 4 is 33.4 Å². The van der Waals surface area contributed by atoms with Crippen molar-refractivity contribution in [3.63, 3.8) is 0 Å². The van der Waals surface area contributed by atoms with Gasteiger partial charge in [0.2, 0.25) is 0 Å². The van der Waals surface area contributed by atoms with Gasteiger partial charge in [-0.2, -0.15) is 0 Å². The fraction of sp³-hybridized carbons (Fsp3) is 0.600. The Morgan fingerprint density at radius 3 is 2.67 bits per heavy atom. The highest BCUT2D eigenvalue weighted by molar-refractivity contribution is 9.10. The van der Waals surface area contributed by atoms with Gasteiger partial charge >= 0.3 is 0 Å². The monoisotopic (exact) mass is 374 g/mol. The Morgan fingerprint density at radius 1 is 1.43 bits per heavy atom. The van der Waals surface area contributed by atoms with Gasteiger partial charge in [-0.05, 0) is 53.1 Å². The van der Waals surface area contributed by atoms with E-state index in [4.69, 9.17) is 11.6 Å². The van der Waals surface area contributed by atoms with Crippen LogP contribution in [0.1, 0.15) is 49.9 Å². The number of aliphatic hydroxyl groups is 1. The van der Waals surface area contributed by atoms with Crippen molar-refractivity contribution in [2.75, 3.05) is 6.54 Å². The molecule has 2 rings (SSSR count). The average Bonchev–Trinajstić information content (AvgIpc) is 2.43. The predicted molar refractivity (Wildman–Crippen MR) is 86.5 cm³/mol. The molecule has 0 spiro atoms. The molecule has 116 valence electrons. The van der Waals surface area contributed by atoms with Gasteiger partial charge in [-0.25, -0.2) is 4.98 Å². The van der Waals surface area contributed by atoms with Crippen LogP contribution in [0.3, 0.4) is 0 Å². The van der Waals surface area contributed by atoms with Crippen LogP contribution in [0.4, 0.5) is 0 Å². The first-order valence-electron chi connectivity index (χ1n) is 7.02. The summed E-state index contributed by atoms with van der Waals surface area (Å²) in [6, 6.07) is 1.62. The Morgan fingerprint density at radius 2 is 2.05 bits per heavy atom. The number of hydrogen-bond acceptors (Lipinski definition) is 3. The topological polar surface area (TPSA) is 62.2 Å². The van der Waals surface area contributed by atoms with Gasteiger partial charge in [0, 0.05) is 17.2 Å². The zero-order chi connectivity index (χ0) is 15.7. The predicted octanol–water partition coefficient (Wildman–Crippen LogP) is 3.56. The van der Waals surface area contributed by atoms with Gasteiger partial charge in [0.25, 0.3) is 5.91 Å². The van der Waals surface area contributed by atoms with Gasteiger partial charge < -0.3 is 10.4 Å². The van der Waals surface area contributed by atoms with Gasteiger partial charge in [0.05, 0.1) is 11.2 Å². The minimum Gasteiger partial charge on any atom is -0.388 e. The number of halogens is 2. The summed E-state index contributed by atoms with van der Waals surface area (Å²) in [5.41, 5.74) is -0.240. The van der Waals surface area contributed by atoms with Crippen molar-refractivity contribution in [2.45, 2.75) is 45.1 Å². The molecule has 1 aromatic heterocycles. The molecule has 0 saturated heterocycles. The zero-order valence-electron chi connectivity index (χ0n) is 12.2. The fourth-order valence-electron chi connectivity index (χ4n) is 2.49. The molecule has 2 N–H and O–H groups in total. The van der Waals surface area contributed by atoms with Gasteiger partial charge in [-0.1, -0.05) is 25.4 Å². The normalized spacial score (nSPS) is 20.0. The van der Waals surface area contributed by atoms with Crippen molar-refractivity contribution in [1.29, 1.82) is 0 Å². The molecule has 1 heterocycles. The average molecular weight is 376 g/mol. The molecule has 1 fully saturated rings. The van der Waals surface area contributed by atoms with Crippen molar-refractivity contribution < 1.29 is 9.90 Å². The van der Waals surface area contributed by atoms with Crippen LogP contribution in [0.2, 0.25) is 5.15 Å². The van der Waals surface area contributed by atoms with Crippen LogP contribution in [-0.4, -0.2) is 28.1 Å². The number of carbonyl (C=O) groups is 1. The summed E-state index contributed by atoms with van der Waals surface area (Å²) in [5, 5.41) is 13.5. The maximum Gasteiger partial charge on any atom is 0.254 e. The van der Waals surface area contributed by atoms with E-state index in [-0.39, 0.29) is 23.0 Å². The molecule has 1 saturated carbocycles. The summed E-state index contributed by atoms with van der Waals surface area (Å²) >= 11 is 9.19. The Labute approximate surface area is 138 Å². The van der Waals surface area contributed by atoms with E-state index in [1.165, 1.54) is 6.20 Å². The second-order valence-corrected chi connectivity index (χ2v) is 7.84. The molecule has 1 amide bonds. The fourth-order valence-corrected chi connectivity index (χ4v) is 3.01. The summed E-state index contributed by atoms with van der Waals surface area (Å²) < 4.78 is 0.690. The number of amides is 1. The van der Waals surface area contributed by atoms with Crippen LogP contribution in [-0.2, 0) is 0 Å². The lowest BCUT2D eigenvalue weighted by Gasteiger charge is -2.40. The third-order valence-corrected chi connectivity index (χ3v) is 4.90. The first kappa shape index (κ1) is 16.7. The lowest BCUT2D eigenvalue weighted by atomic mass is 9.71. The lowest BCUT2D eigenvalue weighted by Crippen LogP contribution is -2.46.